The number of anilines is 1. The Morgan fingerprint density at radius 3 is 2.40 bits per heavy atom. The predicted molar refractivity (Wildman–Crippen MR) is 79.5 cm³/mol. The first kappa shape index (κ1) is 12.4. The van der Waals surface area contributed by atoms with Crippen LogP contribution in [0, 0.1) is 6.92 Å². The third-order valence-corrected chi connectivity index (χ3v) is 3.24. The van der Waals surface area contributed by atoms with Gasteiger partial charge in [-0.1, -0.05) is 41.6 Å². The van der Waals surface area contributed by atoms with Gasteiger partial charge in [0.25, 0.3) is 5.89 Å². The van der Waals surface area contributed by atoms with Gasteiger partial charge in [-0.15, -0.1) is 0 Å². The zero-order valence-electron chi connectivity index (χ0n) is 11.4. The van der Waals surface area contributed by atoms with E-state index in [1.54, 1.807) is 0 Å². The van der Waals surface area contributed by atoms with Crippen molar-refractivity contribution in [3.8, 4) is 22.8 Å². The summed E-state index contributed by atoms with van der Waals surface area (Å²) in [4.78, 5) is 4.50. The quantitative estimate of drug-likeness (QED) is 0.783. The van der Waals surface area contributed by atoms with Crippen LogP contribution >= 0.6 is 0 Å². The Morgan fingerprint density at radius 2 is 1.65 bits per heavy atom. The first-order chi connectivity index (χ1) is 9.79. The molecule has 20 heavy (non-hydrogen) atoms. The molecule has 100 valence electrons. The van der Waals surface area contributed by atoms with Crippen molar-refractivity contribution in [2.45, 2.75) is 6.92 Å². The van der Waals surface area contributed by atoms with Crippen LogP contribution in [0.25, 0.3) is 22.8 Å². The van der Waals surface area contributed by atoms with E-state index in [2.05, 4.69) is 15.5 Å². The molecule has 0 fully saturated rings. The molecule has 0 radical (unpaired) electrons. The Labute approximate surface area is 117 Å². The summed E-state index contributed by atoms with van der Waals surface area (Å²) in [6, 6.07) is 15.9. The van der Waals surface area contributed by atoms with Gasteiger partial charge in [0.05, 0.1) is 5.56 Å². The average molecular weight is 265 g/mol. The van der Waals surface area contributed by atoms with Gasteiger partial charge in [0.1, 0.15) is 0 Å². The average Bonchev–Trinajstić information content (AvgIpc) is 2.97. The summed E-state index contributed by atoms with van der Waals surface area (Å²) in [5, 5.41) is 7.21. The van der Waals surface area contributed by atoms with Crippen molar-refractivity contribution in [1.29, 1.82) is 0 Å². The van der Waals surface area contributed by atoms with E-state index in [0.29, 0.717) is 11.7 Å². The molecule has 1 heterocycles. The highest BCUT2D eigenvalue weighted by molar-refractivity contribution is 5.73. The molecular formula is C16H15N3O. The van der Waals surface area contributed by atoms with Gasteiger partial charge in [-0.2, -0.15) is 4.98 Å². The number of rotatable bonds is 3. The number of nitrogens with one attached hydrogen (secondary N) is 1. The zero-order chi connectivity index (χ0) is 13.9. The van der Waals surface area contributed by atoms with E-state index < -0.39 is 0 Å². The second-order valence-corrected chi connectivity index (χ2v) is 4.53. The monoisotopic (exact) mass is 265 g/mol. The molecular weight excluding hydrogens is 250 g/mol. The van der Waals surface area contributed by atoms with Crippen molar-refractivity contribution >= 4 is 5.69 Å². The summed E-state index contributed by atoms with van der Waals surface area (Å²) < 4.78 is 5.40. The number of benzene rings is 2. The van der Waals surface area contributed by atoms with Gasteiger partial charge < -0.3 is 9.84 Å². The van der Waals surface area contributed by atoms with Gasteiger partial charge in [0.2, 0.25) is 5.82 Å². The van der Waals surface area contributed by atoms with Crippen molar-refractivity contribution < 1.29 is 4.52 Å². The molecule has 0 aliphatic carbocycles. The van der Waals surface area contributed by atoms with Crippen molar-refractivity contribution in [2.75, 3.05) is 12.4 Å². The van der Waals surface area contributed by atoms with E-state index in [4.69, 9.17) is 4.52 Å². The van der Waals surface area contributed by atoms with Gasteiger partial charge in [-0.25, -0.2) is 0 Å². The zero-order valence-corrected chi connectivity index (χ0v) is 11.4. The topological polar surface area (TPSA) is 51.0 Å². The highest BCUT2D eigenvalue weighted by Gasteiger charge is 2.14. The van der Waals surface area contributed by atoms with Gasteiger partial charge >= 0.3 is 0 Å². The fourth-order valence-electron chi connectivity index (χ4n) is 2.15. The number of hydrogen-bond donors (Lipinski definition) is 1. The largest absolute Gasteiger partial charge is 0.387 e. The van der Waals surface area contributed by atoms with Gasteiger partial charge in [0.15, 0.2) is 0 Å². The van der Waals surface area contributed by atoms with E-state index in [0.717, 1.165) is 22.4 Å². The standard InChI is InChI=1S/C16H15N3O/c1-11-7-3-4-8-12(11)15-18-16(20-19-15)13-9-5-6-10-14(13)17-2/h3-10,17H,1-2H3. The van der Waals surface area contributed by atoms with Crippen LogP contribution in [0.15, 0.2) is 53.1 Å². The third-order valence-electron chi connectivity index (χ3n) is 3.24. The number of aryl methyl sites for hydroxylation is 1. The van der Waals surface area contributed by atoms with Gasteiger partial charge in [-0.3, -0.25) is 0 Å². The van der Waals surface area contributed by atoms with Crippen LogP contribution in [0.4, 0.5) is 5.69 Å². The minimum atomic E-state index is 0.521. The molecule has 0 bridgehead atoms. The molecule has 0 aliphatic heterocycles. The Bertz CT molecular complexity index is 734. The van der Waals surface area contributed by atoms with Crippen molar-refractivity contribution in [2.24, 2.45) is 0 Å². The number of hydrogen-bond acceptors (Lipinski definition) is 4. The van der Waals surface area contributed by atoms with Gasteiger partial charge in [0, 0.05) is 18.3 Å². The molecule has 0 aliphatic rings. The molecule has 0 amide bonds. The second-order valence-electron chi connectivity index (χ2n) is 4.53. The normalized spacial score (nSPS) is 10.5. The number of nitrogens with zero attached hydrogens (tertiary/aromatic N) is 2. The number of aromatic nitrogens is 2. The molecule has 1 N–H and O–H groups in total. The highest BCUT2D eigenvalue weighted by atomic mass is 16.5. The van der Waals surface area contributed by atoms with Gasteiger partial charge in [-0.05, 0) is 24.6 Å². The number of para-hydroxylation sites is 1. The van der Waals surface area contributed by atoms with Crippen molar-refractivity contribution in [3.63, 3.8) is 0 Å². The Hall–Kier alpha value is -2.62. The fraction of sp³-hybridized carbons (Fsp3) is 0.125. The maximum absolute atomic E-state index is 5.40. The third kappa shape index (κ3) is 2.16. The summed E-state index contributed by atoms with van der Waals surface area (Å²) in [5.74, 6) is 1.14. The Morgan fingerprint density at radius 1 is 0.950 bits per heavy atom. The highest BCUT2D eigenvalue weighted by Crippen LogP contribution is 2.28. The molecule has 4 nitrogen and oxygen atoms in total. The van der Waals surface area contributed by atoms with Crippen LogP contribution < -0.4 is 5.32 Å². The van der Waals surface area contributed by atoms with Crippen LogP contribution in [0.1, 0.15) is 5.56 Å². The second kappa shape index (κ2) is 5.17. The summed E-state index contributed by atoms with van der Waals surface area (Å²) >= 11 is 0. The van der Waals surface area contributed by atoms with Crippen LogP contribution in [-0.4, -0.2) is 17.2 Å². The van der Waals surface area contributed by atoms with Crippen molar-refractivity contribution in [3.05, 3.63) is 54.1 Å². The summed E-state index contributed by atoms with van der Waals surface area (Å²) in [7, 11) is 1.87. The molecule has 0 atom stereocenters. The van der Waals surface area contributed by atoms with E-state index in [-0.39, 0.29) is 0 Å². The maximum Gasteiger partial charge on any atom is 0.260 e. The first-order valence-corrected chi connectivity index (χ1v) is 6.46. The molecule has 3 aromatic rings. The fourth-order valence-corrected chi connectivity index (χ4v) is 2.15. The molecule has 0 spiro atoms. The molecule has 0 saturated carbocycles. The maximum atomic E-state index is 5.40. The lowest BCUT2D eigenvalue weighted by Crippen LogP contribution is -1.91. The first-order valence-electron chi connectivity index (χ1n) is 6.46. The van der Waals surface area contributed by atoms with Crippen LogP contribution in [0.5, 0.6) is 0 Å². The lowest BCUT2D eigenvalue weighted by molar-refractivity contribution is 0.432. The molecule has 0 saturated heterocycles. The molecule has 0 unspecified atom stereocenters. The SMILES string of the molecule is CNc1ccccc1-c1nc(-c2ccccc2C)no1. The van der Waals surface area contributed by atoms with E-state index in [1.165, 1.54) is 0 Å². The molecule has 1 aromatic heterocycles. The van der Waals surface area contributed by atoms with E-state index in [1.807, 2.05) is 62.5 Å². The molecule has 2 aromatic carbocycles. The summed E-state index contributed by atoms with van der Waals surface area (Å²) in [6.07, 6.45) is 0. The smallest absolute Gasteiger partial charge is 0.260 e. The molecule has 4 heteroatoms. The lowest BCUT2D eigenvalue weighted by Gasteiger charge is -2.03. The predicted octanol–water partition coefficient (Wildman–Crippen LogP) is 3.75. The minimum Gasteiger partial charge on any atom is -0.387 e. The summed E-state index contributed by atoms with van der Waals surface area (Å²) in [5.41, 5.74) is 3.99. The lowest BCUT2D eigenvalue weighted by atomic mass is 10.1. The molecule has 3 rings (SSSR count). The van der Waals surface area contributed by atoms with Crippen LogP contribution in [0.2, 0.25) is 0 Å². The van der Waals surface area contributed by atoms with E-state index >= 15 is 0 Å². The van der Waals surface area contributed by atoms with Crippen LogP contribution in [0.3, 0.4) is 0 Å². The van der Waals surface area contributed by atoms with Crippen LogP contribution in [-0.2, 0) is 0 Å². The minimum absolute atomic E-state index is 0.521. The van der Waals surface area contributed by atoms with Crippen molar-refractivity contribution in [1.82, 2.24) is 10.1 Å². The summed E-state index contributed by atoms with van der Waals surface area (Å²) in [6.45, 7) is 2.03. The Kier molecular flexibility index (Phi) is 3.21. The van der Waals surface area contributed by atoms with E-state index in [9.17, 15) is 0 Å². The Balaban J connectivity index is 2.05.